The molecule has 0 amide bonds. The molecular formula is C14H8F4O. The first-order valence-corrected chi connectivity index (χ1v) is 5.36. The minimum atomic E-state index is -4.12. The van der Waals surface area contributed by atoms with Crippen molar-refractivity contribution in [3.8, 4) is 0 Å². The number of carbonyl (C=O) groups excluding carboxylic acids is 1. The molecule has 0 atom stereocenters. The van der Waals surface area contributed by atoms with Crippen LogP contribution in [-0.2, 0) is 5.92 Å². The lowest BCUT2D eigenvalue weighted by atomic mass is 9.98. The average molecular weight is 268 g/mol. The lowest BCUT2D eigenvalue weighted by Gasteiger charge is -2.16. The normalized spacial score (nSPS) is 11.4. The number of ketones is 1. The number of rotatable bonds is 3. The highest BCUT2D eigenvalue weighted by Crippen LogP contribution is 2.34. The Kier molecular flexibility index (Phi) is 3.38. The molecule has 2 rings (SSSR count). The number of halogens is 4. The number of benzene rings is 2. The van der Waals surface area contributed by atoms with E-state index in [1.807, 2.05) is 0 Å². The fourth-order valence-corrected chi connectivity index (χ4v) is 1.64. The molecule has 0 fully saturated rings. The topological polar surface area (TPSA) is 17.1 Å². The molecule has 1 nitrogen and oxygen atoms in total. The van der Waals surface area contributed by atoms with Crippen molar-refractivity contribution in [3.63, 3.8) is 0 Å². The van der Waals surface area contributed by atoms with Crippen LogP contribution in [0.2, 0.25) is 0 Å². The summed E-state index contributed by atoms with van der Waals surface area (Å²) < 4.78 is 54.2. The molecule has 0 aliphatic rings. The third-order valence-corrected chi connectivity index (χ3v) is 2.61. The maximum atomic E-state index is 13.9. The van der Waals surface area contributed by atoms with Crippen molar-refractivity contribution in [2.45, 2.75) is 5.92 Å². The predicted molar refractivity (Wildman–Crippen MR) is 61.0 cm³/mol. The Morgan fingerprint density at radius 1 is 0.895 bits per heavy atom. The van der Waals surface area contributed by atoms with E-state index in [0.717, 1.165) is 6.07 Å². The molecule has 0 aromatic heterocycles. The Bertz CT molecular complexity index is 608. The highest BCUT2D eigenvalue weighted by molar-refractivity contribution is 6.01. The van der Waals surface area contributed by atoms with Gasteiger partial charge in [0.15, 0.2) is 11.6 Å². The summed E-state index contributed by atoms with van der Waals surface area (Å²) in [6, 6.07) is 9.08. The van der Waals surface area contributed by atoms with E-state index in [1.54, 1.807) is 6.07 Å². The summed E-state index contributed by atoms with van der Waals surface area (Å²) in [4.78, 5) is 11.7. The van der Waals surface area contributed by atoms with Crippen LogP contribution in [0, 0.1) is 11.6 Å². The van der Waals surface area contributed by atoms with E-state index >= 15 is 0 Å². The number of Topliss-reactive ketones (excluding diaryl/α,β-unsaturated/α-hetero) is 1. The Balaban J connectivity index is 2.48. The number of carbonyl (C=O) groups is 1. The molecule has 2 aromatic carbocycles. The molecule has 2 aromatic rings. The van der Waals surface area contributed by atoms with E-state index in [9.17, 15) is 22.4 Å². The van der Waals surface area contributed by atoms with Gasteiger partial charge in [0.05, 0.1) is 5.56 Å². The minimum Gasteiger partial charge on any atom is -0.287 e. The van der Waals surface area contributed by atoms with E-state index in [2.05, 4.69) is 0 Å². The van der Waals surface area contributed by atoms with Gasteiger partial charge in [0.1, 0.15) is 0 Å². The molecule has 0 aliphatic heterocycles. The maximum Gasteiger partial charge on any atom is 0.337 e. The summed E-state index contributed by atoms with van der Waals surface area (Å²) in [5.74, 6) is -8.82. The fraction of sp³-hybridized carbons (Fsp3) is 0.0714. The summed E-state index contributed by atoms with van der Waals surface area (Å²) in [7, 11) is 0. The number of hydrogen-bond donors (Lipinski definition) is 0. The van der Waals surface area contributed by atoms with Gasteiger partial charge in [0, 0.05) is 5.56 Å². The molecule has 0 unspecified atom stereocenters. The van der Waals surface area contributed by atoms with Crippen LogP contribution < -0.4 is 0 Å². The maximum absolute atomic E-state index is 13.9. The smallest absolute Gasteiger partial charge is 0.287 e. The second-order valence-corrected chi connectivity index (χ2v) is 3.87. The first kappa shape index (κ1) is 13.3. The highest BCUT2D eigenvalue weighted by atomic mass is 19.3. The van der Waals surface area contributed by atoms with Gasteiger partial charge in [-0.1, -0.05) is 36.4 Å². The first-order valence-electron chi connectivity index (χ1n) is 5.36. The summed E-state index contributed by atoms with van der Waals surface area (Å²) in [6.45, 7) is 0. The van der Waals surface area contributed by atoms with E-state index in [4.69, 9.17) is 0 Å². The van der Waals surface area contributed by atoms with Gasteiger partial charge in [-0.25, -0.2) is 8.78 Å². The van der Waals surface area contributed by atoms with Gasteiger partial charge in [-0.3, -0.25) is 4.79 Å². The van der Waals surface area contributed by atoms with Crippen molar-refractivity contribution in [2.24, 2.45) is 0 Å². The quantitative estimate of drug-likeness (QED) is 0.608. The Hall–Kier alpha value is -2.17. The van der Waals surface area contributed by atoms with Gasteiger partial charge >= 0.3 is 5.92 Å². The van der Waals surface area contributed by atoms with E-state index < -0.39 is 28.9 Å². The third kappa shape index (κ3) is 2.36. The Labute approximate surface area is 106 Å². The van der Waals surface area contributed by atoms with E-state index in [-0.39, 0.29) is 5.56 Å². The molecule has 0 heterocycles. The third-order valence-electron chi connectivity index (χ3n) is 2.61. The molecule has 0 spiro atoms. The number of hydrogen-bond acceptors (Lipinski definition) is 1. The number of alkyl halides is 2. The fourth-order valence-electron chi connectivity index (χ4n) is 1.64. The van der Waals surface area contributed by atoms with Crippen LogP contribution in [0.5, 0.6) is 0 Å². The molecule has 0 saturated heterocycles. The van der Waals surface area contributed by atoms with Crippen LogP contribution >= 0.6 is 0 Å². The largest absolute Gasteiger partial charge is 0.337 e. The van der Waals surface area contributed by atoms with Crippen molar-refractivity contribution in [1.82, 2.24) is 0 Å². The second-order valence-electron chi connectivity index (χ2n) is 3.87. The lowest BCUT2D eigenvalue weighted by molar-refractivity contribution is 0.00483. The van der Waals surface area contributed by atoms with Gasteiger partial charge in [-0.2, -0.15) is 8.78 Å². The molecule has 5 heteroatoms. The standard InChI is InChI=1S/C14H8F4O/c15-11-8-4-7-10(12(11)16)14(17,18)13(19)9-5-2-1-3-6-9/h1-8H. The minimum absolute atomic E-state index is 0.267. The van der Waals surface area contributed by atoms with Crippen molar-refractivity contribution in [2.75, 3.05) is 0 Å². The molecular weight excluding hydrogens is 260 g/mol. The molecule has 0 bridgehead atoms. The van der Waals surface area contributed by atoms with E-state index in [1.165, 1.54) is 24.3 Å². The molecule has 0 radical (unpaired) electrons. The highest BCUT2D eigenvalue weighted by Gasteiger charge is 2.44. The van der Waals surface area contributed by atoms with Crippen LogP contribution in [0.4, 0.5) is 17.6 Å². The molecule has 0 saturated carbocycles. The molecule has 0 aliphatic carbocycles. The molecule has 19 heavy (non-hydrogen) atoms. The molecule has 0 N–H and O–H groups in total. The first-order chi connectivity index (χ1) is 8.94. The van der Waals surface area contributed by atoms with Gasteiger partial charge in [-0.15, -0.1) is 0 Å². The summed E-state index contributed by atoms with van der Waals surface area (Å²) in [6.07, 6.45) is 0. The van der Waals surface area contributed by atoms with E-state index in [0.29, 0.717) is 12.1 Å². The van der Waals surface area contributed by atoms with Crippen LogP contribution in [-0.4, -0.2) is 5.78 Å². The van der Waals surface area contributed by atoms with Crippen molar-refractivity contribution in [1.29, 1.82) is 0 Å². The van der Waals surface area contributed by atoms with Crippen molar-refractivity contribution in [3.05, 3.63) is 71.3 Å². The van der Waals surface area contributed by atoms with Crippen LogP contribution in [0.1, 0.15) is 15.9 Å². The zero-order valence-corrected chi connectivity index (χ0v) is 9.54. The van der Waals surface area contributed by atoms with Gasteiger partial charge in [-0.05, 0) is 12.1 Å². The van der Waals surface area contributed by atoms with Gasteiger partial charge in [0.2, 0.25) is 5.78 Å². The Morgan fingerprint density at radius 2 is 1.53 bits per heavy atom. The summed E-state index contributed by atoms with van der Waals surface area (Å²) >= 11 is 0. The lowest BCUT2D eigenvalue weighted by Crippen LogP contribution is -2.27. The van der Waals surface area contributed by atoms with Gasteiger partial charge in [0.25, 0.3) is 0 Å². The van der Waals surface area contributed by atoms with Crippen LogP contribution in [0.25, 0.3) is 0 Å². The van der Waals surface area contributed by atoms with Crippen molar-refractivity contribution >= 4 is 5.78 Å². The van der Waals surface area contributed by atoms with Crippen LogP contribution in [0.15, 0.2) is 48.5 Å². The monoisotopic (exact) mass is 268 g/mol. The summed E-state index contributed by atoms with van der Waals surface area (Å²) in [5, 5.41) is 0. The zero-order chi connectivity index (χ0) is 14.0. The Morgan fingerprint density at radius 3 is 2.16 bits per heavy atom. The van der Waals surface area contributed by atoms with Crippen LogP contribution in [0.3, 0.4) is 0 Å². The molecule has 98 valence electrons. The van der Waals surface area contributed by atoms with Crippen molar-refractivity contribution < 1.29 is 22.4 Å². The zero-order valence-electron chi connectivity index (χ0n) is 9.54. The average Bonchev–Trinajstić information content (AvgIpc) is 2.41. The second kappa shape index (κ2) is 4.84. The SMILES string of the molecule is O=C(c1ccccc1)C(F)(F)c1cccc(F)c1F. The summed E-state index contributed by atoms with van der Waals surface area (Å²) in [5.41, 5.74) is -1.53. The van der Waals surface area contributed by atoms with Gasteiger partial charge < -0.3 is 0 Å². The predicted octanol–water partition coefficient (Wildman–Crippen LogP) is 3.94.